The van der Waals surface area contributed by atoms with Crippen molar-refractivity contribution in [3.8, 4) is 0 Å². The fraction of sp³-hybridized carbons (Fsp3) is 0.150. The van der Waals surface area contributed by atoms with Crippen LogP contribution < -0.4 is 5.56 Å². The van der Waals surface area contributed by atoms with E-state index in [1.165, 1.54) is 4.68 Å². The summed E-state index contributed by atoms with van der Waals surface area (Å²) in [5.74, 6) is 0. The third kappa shape index (κ3) is 2.61. The summed E-state index contributed by atoms with van der Waals surface area (Å²) in [6.45, 7) is 0.382. The van der Waals surface area contributed by atoms with Gasteiger partial charge in [0.2, 0.25) is 0 Å². The van der Waals surface area contributed by atoms with E-state index in [2.05, 4.69) is 20.3 Å². The van der Waals surface area contributed by atoms with Crippen molar-refractivity contribution in [2.24, 2.45) is 7.05 Å². The average molecular weight is 434 g/mol. The molecule has 0 saturated carbocycles. The van der Waals surface area contributed by atoms with Crippen LogP contribution in [0.15, 0.2) is 46.3 Å². The Hall–Kier alpha value is -3.37. The predicted octanol–water partition coefficient (Wildman–Crippen LogP) is 3.32. The zero-order valence-electron chi connectivity index (χ0n) is 15.9. The number of rotatable bonds is 4. The Kier molecular flexibility index (Phi) is 3.83. The number of aromatic nitrogens is 7. The topological polar surface area (TPSA) is 94.3 Å². The van der Waals surface area contributed by atoms with Crippen molar-refractivity contribution in [1.82, 2.24) is 34.5 Å². The smallest absolute Gasteiger partial charge is 0.291 e. The Balaban J connectivity index is 1.45. The molecule has 0 unspecified atom stereocenters. The highest BCUT2D eigenvalue weighted by Crippen LogP contribution is 2.31. The minimum atomic E-state index is -0.123. The molecule has 0 atom stereocenters. The van der Waals surface area contributed by atoms with Crippen molar-refractivity contribution >= 4 is 54.8 Å². The van der Waals surface area contributed by atoms with Gasteiger partial charge >= 0.3 is 0 Å². The van der Waals surface area contributed by atoms with Gasteiger partial charge in [-0.1, -0.05) is 12.1 Å². The molecule has 8 nitrogen and oxygen atoms in total. The maximum Gasteiger partial charge on any atom is 0.291 e. The fourth-order valence-electron chi connectivity index (χ4n) is 3.83. The molecule has 0 saturated heterocycles. The summed E-state index contributed by atoms with van der Waals surface area (Å²) in [6, 6.07) is 5.91. The van der Waals surface area contributed by atoms with Crippen LogP contribution in [0.2, 0.25) is 0 Å². The molecule has 6 aromatic rings. The number of hydrogen-bond donors (Lipinski definition) is 1. The summed E-state index contributed by atoms with van der Waals surface area (Å²) in [4.78, 5) is 22.4. The monoisotopic (exact) mass is 433 g/mol. The number of hydrogen-bond acceptors (Lipinski definition) is 7. The SMILES string of the molecule is Cn1c2nc(Cc3cscn3)sc2c2cnn(Cc3cccc4[nH]ncc34)c(=O)c21. The molecule has 5 aromatic heterocycles. The van der Waals surface area contributed by atoms with E-state index in [-0.39, 0.29) is 5.56 Å². The quantitative estimate of drug-likeness (QED) is 0.460. The number of aromatic amines is 1. The molecule has 0 spiro atoms. The van der Waals surface area contributed by atoms with Gasteiger partial charge in [0.15, 0.2) is 5.65 Å². The van der Waals surface area contributed by atoms with Crippen molar-refractivity contribution in [3.05, 3.63) is 68.1 Å². The second-order valence-electron chi connectivity index (χ2n) is 7.09. The molecule has 6 rings (SSSR count). The summed E-state index contributed by atoms with van der Waals surface area (Å²) >= 11 is 3.18. The molecule has 30 heavy (non-hydrogen) atoms. The van der Waals surface area contributed by atoms with Crippen LogP contribution >= 0.6 is 22.7 Å². The maximum atomic E-state index is 13.3. The van der Waals surface area contributed by atoms with Crippen molar-refractivity contribution in [1.29, 1.82) is 0 Å². The van der Waals surface area contributed by atoms with Crippen LogP contribution in [0, 0.1) is 0 Å². The Morgan fingerprint density at radius 2 is 2.13 bits per heavy atom. The van der Waals surface area contributed by atoms with Gasteiger partial charge in [0, 0.05) is 29.6 Å². The highest BCUT2D eigenvalue weighted by molar-refractivity contribution is 7.19. The van der Waals surface area contributed by atoms with Crippen LogP contribution in [0.3, 0.4) is 0 Å². The Labute approximate surface area is 177 Å². The Bertz CT molecular complexity index is 1590. The van der Waals surface area contributed by atoms with Gasteiger partial charge in [-0.2, -0.15) is 10.2 Å². The summed E-state index contributed by atoms with van der Waals surface area (Å²) in [5, 5.41) is 16.4. The van der Waals surface area contributed by atoms with E-state index >= 15 is 0 Å². The van der Waals surface area contributed by atoms with Crippen LogP contribution in [0.4, 0.5) is 0 Å². The van der Waals surface area contributed by atoms with E-state index in [0.29, 0.717) is 18.5 Å². The van der Waals surface area contributed by atoms with Crippen LogP contribution in [-0.2, 0) is 20.0 Å². The van der Waals surface area contributed by atoms with Crippen LogP contribution in [-0.4, -0.2) is 34.5 Å². The number of nitrogens with zero attached hydrogens (tertiary/aromatic N) is 6. The van der Waals surface area contributed by atoms with Gasteiger partial charge in [-0.05, 0) is 11.6 Å². The Morgan fingerprint density at radius 1 is 1.20 bits per heavy atom. The third-order valence-corrected chi connectivity index (χ3v) is 6.99. The van der Waals surface area contributed by atoms with Gasteiger partial charge in [-0.3, -0.25) is 9.89 Å². The first-order valence-electron chi connectivity index (χ1n) is 9.31. The third-order valence-electron chi connectivity index (χ3n) is 5.28. The Morgan fingerprint density at radius 3 is 3.00 bits per heavy atom. The van der Waals surface area contributed by atoms with Crippen molar-refractivity contribution in [2.45, 2.75) is 13.0 Å². The lowest BCUT2D eigenvalue weighted by molar-refractivity contribution is 0.647. The van der Waals surface area contributed by atoms with E-state index in [9.17, 15) is 4.79 Å². The molecule has 0 radical (unpaired) electrons. The number of thiazole rings is 2. The van der Waals surface area contributed by atoms with E-state index in [1.54, 1.807) is 35.1 Å². The molecule has 0 aliphatic heterocycles. The predicted molar refractivity (Wildman–Crippen MR) is 118 cm³/mol. The zero-order chi connectivity index (χ0) is 20.2. The van der Waals surface area contributed by atoms with Crippen molar-refractivity contribution in [2.75, 3.05) is 0 Å². The summed E-state index contributed by atoms with van der Waals surface area (Å²) in [6.07, 6.45) is 4.25. The molecule has 0 aliphatic carbocycles. The number of aryl methyl sites for hydroxylation is 1. The first-order chi connectivity index (χ1) is 14.7. The maximum absolute atomic E-state index is 13.3. The van der Waals surface area contributed by atoms with Gasteiger partial charge < -0.3 is 4.57 Å². The minimum absolute atomic E-state index is 0.123. The molecular weight excluding hydrogens is 418 g/mol. The second-order valence-corrected chi connectivity index (χ2v) is 8.90. The largest absolute Gasteiger partial charge is 0.323 e. The molecule has 1 N–H and O–H groups in total. The zero-order valence-corrected chi connectivity index (χ0v) is 17.5. The first-order valence-corrected chi connectivity index (χ1v) is 11.1. The van der Waals surface area contributed by atoms with Gasteiger partial charge in [-0.25, -0.2) is 14.6 Å². The van der Waals surface area contributed by atoms with Gasteiger partial charge in [0.25, 0.3) is 5.56 Å². The van der Waals surface area contributed by atoms with Crippen molar-refractivity contribution in [3.63, 3.8) is 0 Å². The van der Waals surface area contributed by atoms with Gasteiger partial charge in [-0.15, -0.1) is 22.7 Å². The normalized spacial score (nSPS) is 11.9. The van der Waals surface area contributed by atoms with Crippen molar-refractivity contribution < 1.29 is 0 Å². The molecule has 0 aliphatic rings. The first kappa shape index (κ1) is 17.5. The number of benzene rings is 1. The molecule has 1 aromatic carbocycles. The fourth-order valence-corrected chi connectivity index (χ4v) is 5.51. The molecule has 148 valence electrons. The van der Waals surface area contributed by atoms with E-state index < -0.39 is 0 Å². The molecule has 0 fully saturated rings. The minimum Gasteiger partial charge on any atom is -0.323 e. The second kappa shape index (κ2) is 6.57. The molecule has 0 bridgehead atoms. The summed E-state index contributed by atoms with van der Waals surface area (Å²) in [7, 11) is 1.89. The lowest BCUT2D eigenvalue weighted by Gasteiger charge is -2.07. The molecule has 10 heteroatoms. The average Bonchev–Trinajstić information content (AvgIpc) is 3.52. The highest BCUT2D eigenvalue weighted by atomic mass is 32.1. The standard InChI is InChI=1S/C20H15N7OS2/c1-26-17-14(18-19(26)24-16(30-18)5-12-9-29-10-21-12)7-23-27(20(17)28)8-11-3-2-4-15-13(11)6-22-25-15/h2-4,6-7,9-10H,5,8H2,1H3,(H,22,25). The number of H-pyrrole nitrogens is 1. The highest BCUT2D eigenvalue weighted by Gasteiger charge is 2.19. The van der Waals surface area contributed by atoms with Crippen LogP contribution in [0.1, 0.15) is 16.3 Å². The van der Waals surface area contributed by atoms with E-state index in [0.717, 1.165) is 42.9 Å². The van der Waals surface area contributed by atoms with E-state index in [4.69, 9.17) is 4.98 Å². The molecular formula is C20H15N7OS2. The van der Waals surface area contributed by atoms with Crippen LogP contribution in [0.25, 0.3) is 32.2 Å². The lowest BCUT2D eigenvalue weighted by Crippen LogP contribution is -2.24. The molecule has 0 amide bonds. The lowest BCUT2D eigenvalue weighted by atomic mass is 10.1. The van der Waals surface area contributed by atoms with Gasteiger partial charge in [0.1, 0.15) is 10.5 Å². The summed E-state index contributed by atoms with van der Waals surface area (Å²) in [5.41, 5.74) is 6.09. The molecule has 5 heterocycles. The van der Waals surface area contributed by atoms with Gasteiger partial charge in [0.05, 0.1) is 40.4 Å². The van der Waals surface area contributed by atoms with Crippen LogP contribution in [0.5, 0.6) is 0 Å². The van der Waals surface area contributed by atoms with E-state index in [1.807, 2.05) is 40.7 Å². The number of nitrogens with one attached hydrogen (secondary N) is 1. The number of fused-ring (bicyclic) bond motifs is 4. The summed E-state index contributed by atoms with van der Waals surface area (Å²) < 4.78 is 4.38.